The molecule has 4 rings (SSSR count). The topological polar surface area (TPSA) is 108 Å². The normalized spacial score (nSPS) is 18.7. The van der Waals surface area contributed by atoms with Gasteiger partial charge in [-0.3, -0.25) is 19.3 Å². The maximum absolute atomic E-state index is 12.6. The standard InChI is InChI=1S/C20H20N4O4S/c1-12(21-19-16-5-3-4-6-18(16)29(27,28)23-19)20(26)22-15-7-8-17-14(11-15)9-10-24(17)13(2)25/h3-8,11-12H,9-10H2,1-2H3,(H,21,23)(H,22,26)/t12-/m1/s1. The number of fused-ring (bicyclic) bond motifs is 2. The van der Waals surface area contributed by atoms with Crippen molar-refractivity contribution in [3.8, 4) is 0 Å². The summed E-state index contributed by atoms with van der Waals surface area (Å²) in [5.41, 5.74) is 2.92. The first-order valence-electron chi connectivity index (χ1n) is 9.18. The summed E-state index contributed by atoms with van der Waals surface area (Å²) < 4.78 is 26.7. The average molecular weight is 412 g/mol. The van der Waals surface area contributed by atoms with E-state index in [1.807, 2.05) is 12.1 Å². The Hall–Kier alpha value is -3.20. The van der Waals surface area contributed by atoms with Gasteiger partial charge in [-0.05, 0) is 49.2 Å². The summed E-state index contributed by atoms with van der Waals surface area (Å²) in [6.45, 7) is 3.76. The number of aliphatic imine (C=N–C) groups is 1. The van der Waals surface area contributed by atoms with Crippen LogP contribution in [0.2, 0.25) is 0 Å². The second kappa shape index (κ2) is 7.00. The summed E-state index contributed by atoms with van der Waals surface area (Å²) in [7, 11) is -3.65. The van der Waals surface area contributed by atoms with Crippen LogP contribution >= 0.6 is 0 Å². The summed E-state index contributed by atoms with van der Waals surface area (Å²) in [5, 5.41) is 2.81. The van der Waals surface area contributed by atoms with E-state index in [1.165, 1.54) is 13.0 Å². The van der Waals surface area contributed by atoms with Gasteiger partial charge in [0, 0.05) is 30.4 Å². The fourth-order valence-electron chi connectivity index (χ4n) is 3.54. The summed E-state index contributed by atoms with van der Waals surface area (Å²) in [5.74, 6) is -0.207. The number of benzene rings is 2. The molecule has 0 bridgehead atoms. The molecule has 0 saturated carbocycles. The largest absolute Gasteiger partial charge is 0.324 e. The first kappa shape index (κ1) is 19.1. The number of amides is 2. The lowest BCUT2D eigenvalue weighted by molar-refractivity contribution is -0.117. The monoisotopic (exact) mass is 412 g/mol. The number of sulfonamides is 1. The van der Waals surface area contributed by atoms with E-state index in [2.05, 4.69) is 15.0 Å². The third kappa shape index (κ3) is 3.49. The van der Waals surface area contributed by atoms with Gasteiger partial charge in [0.25, 0.3) is 10.0 Å². The molecule has 9 heteroatoms. The van der Waals surface area contributed by atoms with Crippen LogP contribution in [0.3, 0.4) is 0 Å². The molecular weight excluding hydrogens is 392 g/mol. The molecule has 0 spiro atoms. The van der Waals surface area contributed by atoms with E-state index in [0.29, 0.717) is 17.8 Å². The molecule has 0 aliphatic carbocycles. The fourth-order valence-corrected chi connectivity index (χ4v) is 4.77. The number of nitrogens with zero attached hydrogens (tertiary/aromatic N) is 2. The Morgan fingerprint density at radius 1 is 1.21 bits per heavy atom. The van der Waals surface area contributed by atoms with Crippen LogP contribution in [0.4, 0.5) is 11.4 Å². The summed E-state index contributed by atoms with van der Waals surface area (Å²) >= 11 is 0. The van der Waals surface area contributed by atoms with E-state index in [9.17, 15) is 18.0 Å². The van der Waals surface area contributed by atoms with Crippen molar-refractivity contribution in [2.75, 3.05) is 16.8 Å². The molecular formula is C20H20N4O4S. The highest BCUT2D eigenvalue weighted by molar-refractivity contribution is 7.90. The predicted molar refractivity (Wildman–Crippen MR) is 110 cm³/mol. The number of hydrogen-bond acceptors (Lipinski definition) is 5. The van der Waals surface area contributed by atoms with Gasteiger partial charge in [0.1, 0.15) is 11.9 Å². The first-order valence-corrected chi connectivity index (χ1v) is 10.7. The molecule has 2 aromatic carbocycles. The van der Waals surface area contributed by atoms with E-state index in [-0.39, 0.29) is 22.5 Å². The lowest BCUT2D eigenvalue weighted by atomic mass is 10.1. The molecule has 2 aliphatic rings. The first-order chi connectivity index (χ1) is 13.8. The Morgan fingerprint density at radius 3 is 2.72 bits per heavy atom. The Kier molecular flexibility index (Phi) is 4.62. The maximum Gasteiger partial charge on any atom is 0.263 e. The highest BCUT2D eigenvalue weighted by Crippen LogP contribution is 2.30. The molecule has 1 atom stereocenters. The highest BCUT2D eigenvalue weighted by Gasteiger charge is 2.31. The van der Waals surface area contributed by atoms with E-state index < -0.39 is 16.1 Å². The number of anilines is 2. The number of carbonyl (C=O) groups excluding carboxylic acids is 2. The van der Waals surface area contributed by atoms with Gasteiger partial charge in [0.05, 0.1) is 4.90 Å². The van der Waals surface area contributed by atoms with Crippen molar-refractivity contribution in [2.45, 2.75) is 31.2 Å². The maximum atomic E-state index is 12.6. The van der Waals surface area contributed by atoms with Crippen LogP contribution in [0.25, 0.3) is 0 Å². The third-order valence-corrected chi connectivity index (χ3v) is 6.38. The van der Waals surface area contributed by atoms with E-state index in [4.69, 9.17) is 0 Å². The van der Waals surface area contributed by atoms with E-state index in [0.717, 1.165) is 17.7 Å². The van der Waals surface area contributed by atoms with E-state index in [1.54, 1.807) is 36.1 Å². The minimum Gasteiger partial charge on any atom is -0.324 e. The van der Waals surface area contributed by atoms with Gasteiger partial charge in [-0.15, -0.1) is 0 Å². The Morgan fingerprint density at radius 2 is 1.97 bits per heavy atom. The minimum absolute atomic E-state index is 0.00993. The average Bonchev–Trinajstić information content (AvgIpc) is 3.20. The van der Waals surface area contributed by atoms with Crippen molar-refractivity contribution in [2.24, 2.45) is 4.99 Å². The van der Waals surface area contributed by atoms with Crippen molar-refractivity contribution in [3.63, 3.8) is 0 Å². The molecule has 2 N–H and O–H groups in total. The van der Waals surface area contributed by atoms with Crippen LogP contribution in [0, 0.1) is 0 Å². The zero-order chi connectivity index (χ0) is 20.8. The molecule has 0 radical (unpaired) electrons. The highest BCUT2D eigenvalue weighted by atomic mass is 32.2. The van der Waals surface area contributed by atoms with Crippen molar-refractivity contribution in [1.29, 1.82) is 0 Å². The Balaban J connectivity index is 1.52. The molecule has 2 heterocycles. The Bertz CT molecular complexity index is 1160. The zero-order valence-corrected chi connectivity index (χ0v) is 16.8. The molecule has 0 fully saturated rings. The number of hydrogen-bond donors (Lipinski definition) is 2. The molecule has 2 amide bonds. The molecule has 2 aliphatic heterocycles. The predicted octanol–water partition coefficient (Wildman–Crippen LogP) is 1.66. The summed E-state index contributed by atoms with van der Waals surface area (Å²) in [4.78, 5) is 30.4. The van der Waals surface area contributed by atoms with Crippen LogP contribution < -0.4 is 14.9 Å². The van der Waals surface area contributed by atoms with Crippen molar-refractivity contribution >= 4 is 39.0 Å². The number of nitrogens with one attached hydrogen (secondary N) is 2. The van der Waals surface area contributed by atoms with Gasteiger partial charge in [-0.2, -0.15) is 0 Å². The molecule has 0 unspecified atom stereocenters. The Labute approximate surface area is 168 Å². The second-order valence-corrected chi connectivity index (χ2v) is 8.66. The lowest BCUT2D eigenvalue weighted by Gasteiger charge is -2.15. The molecule has 8 nitrogen and oxygen atoms in total. The molecule has 0 saturated heterocycles. The van der Waals surface area contributed by atoms with Gasteiger partial charge in [0.15, 0.2) is 0 Å². The van der Waals surface area contributed by atoms with Crippen LogP contribution in [-0.4, -0.2) is 38.7 Å². The van der Waals surface area contributed by atoms with Crippen LogP contribution in [0.1, 0.15) is 25.0 Å². The number of carbonyl (C=O) groups is 2. The molecule has 0 aromatic heterocycles. The zero-order valence-electron chi connectivity index (χ0n) is 16.0. The van der Waals surface area contributed by atoms with Crippen LogP contribution in [-0.2, 0) is 26.0 Å². The van der Waals surface area contributed by atoms with Crippen molar-refractivity contribution < 1.29 is 18.0 Å². The minimum atomic E-state index is -3.65. The van der Waals surface area contributed by atoms with Crippen molar-refractivity contribution in [3.05, 3.63) is 53.6 Å². The van der Waals surface area contributed by atoms with Gasteiger partial charge < -0.3 is 10.2 Å². The van der Waals surface area contributed by atoms with Crippen LogP contribution in [0.5, 0.6) is 0 Å². The van der Waals surface area contributed by atoms with Gasteiger partial charge in [-0.1, -0.05) is 12.1 Å². The number of amidine groups is 1. The van der Waals surface area contributed by atoms with E-state index >= 15 is 0 Å². The summed E-state index contributed by atoms with van der Waals surface area (Å²) in [6, 6.07) is 11.1. The number of rotatable bonds is 3. The van der Waals surface area contributed by atoms with Gasteiger partial charge >= 0.3 is 0 Å². The smallest absolute Gasteiger partial charge is 0.263 e. The SMILES string of the molecule is CC(=O)N1CCc2cc(NC(=O)[C@@H](C)N=C3NS(=O)(=O)c4ccccc43)ccc21. The van der Waals surface area contributed by atoms with Crippen molar-refractivity contribution in [1.82, 2.24) is 4.72 Å². The molecule has 29 heavy (non-hydrogen) atoms. The molecule has 2 aromatic rings. The fraction of sp³-hybridized carbons (Fsp3) is 0.250. The van der Waals surface area contributed by atoms with Gasteiger partial charge in [-0.25, -0.2) is 8.42 Å². The summed E-state index contributed by atoms with van der Waals surface area (Å²) in [6.07, 6.45) is 0.731. The van der Waals surface area contributed by atoms with Crippen LogP contribution in [0.15, 0.2) is 52.4 Å². The quantitative estimate of drug-likeness (QED) is 0.799. The molecule has 150 valence electrons. The second-order valence-electron chi connectivity index (χ2n) is 7.01. The lowest BCUT2D eigenvalue weighted by Crippen LogP contribution is -2.29. The third-order valence-electron chi connectivity index (χ3n) is 4.99. The van der Waals surface area contributed by atoms with Gasteiger partial charge in [0.2, 0.25) is 11.8 Å².